The highest BCUT2D eigenvalue weighted by molar-refractivity contribution is 5.57. The number of carbonyl (C=O) groups is 1. The minimum absolute atomic E-state index is 0.126. The zero-order chi connectivity index (χ0) is 10.1. The van der Waals surface area contributed by atoms with Gasteiger partial charge in [-0.3, -0.25) is 0 Å². The number of hydrogen-bond donors (Lipinski definition) is 1. The van der Waals surface area contributed by atoms with Gasteiger partial charge in [-0.2, -0.15) is 4.73 Å². The quantitative estimate of drug-likeness (QED) is 0.723. The summed E-state index contributed by atoms with van der Waals surface area (Å²) in [4.78, 5) is 14.8. The lowest BCUT2D eigenvalue weighted by Crippen LogP contribution is -2.24. The maximum absolute atomic E-state index is 10.3. The normalized spacial score (nSPS) is 11.3. The van der Waals surface area contributed by atoms with Crippen molar-refractivity contribution in [3.05, 3.63) is 24.0 Å². The molecule has 72 valence electrons. The zero-order valence-electron chi connectivity index (χ0n) is 7.94. The second-order valence-corrected chi connectivity index (χ2v) is 3.83. The van der Waals surface area contributed by atoms with Crippen molar-refractivity contribution in [2.75, 3.05) is 0 Å². The maximum atomic E-state index is 10.3. The van der Waals surface area contributed by atoms with Crippen LogP contribution >= 0.6 is 0 Å². The summed E-state index contributed by atoms with van der Waals surface area (Å²) in [6.07, 6.45) is 0.274. The molecule has 1 rings (SSSR count). The smallest absolute Gasteiger partial charge is 0.448 e. The topological polar surface area (TPSA) is 51.5 Å². The molecule has 0 aliphatic rings. The predicted octanol–water partition coefficient (Wildman–Crippen LogP) is 1.89. The zero-order valence-corrected chi connectivity index (χ0v) is 7.94. The summed E-state index contributed by atoms with van der Waals surface area (Å²) < 4.78 is 1.27. The molecule has 0 saturated heterocycles. The monoisotopic (exact) mass is 183 g/mol. The van der Waals surface area contributed by atoms with E-state index in [1.165, 1.54) is 4.73 Å². The van der Waals surface area contributed by atoms with Gasteiger partial charge in [-0.15, -0.1) is 0 Å². The van der Waals surface area contributed by atoms with Crippen molar-refractivity contribution >= 4 is 6.16 Å². The molecule has 1 aromatic rings. The standard InChI is InChI=1S/C9H13NO3/c1-9(2,3)7-5-4-6-10(7)13-8(11)12/h4-6H,1-3H3,(H,11,12). The van der Waals surface area contributed by atoms with Crippen LogP contribution in [0.5, 0.6) is 0 Å². The van der Waals surface area contributed by atoms with Crippen LogP contribution < -0.4 is 4.84 Å². The lowest BCUT2D eigenvalue weighted by molar-refractivity contribution is 0.0764. The third kappa shape index (κ3) is 2.24. The van der Waals surface area contributed by atoms with Crippen molar-refractivity contribution in [2.45, 2.75) is 26.2 Å². The molecule has 0 bridgehead atoms. The van der Waals surface area contributed by atoms with E-state index in [-0.39, 0.29) is 5.41 Å². The summed E-state index contributed by atoms with van der Waals surface area (Å²) in [5.74, 6) is 0. The Morgan fingerprint density at radius 2 is 2.15 bits per heavy atom. The number of aromatic nitrogens is 1. The Kier molecular flexibility index (Phi) is 2.32. The molecule has 0 unspecified atom stereocenters. The minimum Gasteiger partial charge on any atom is -0.448 e. The number of nitrogens with zero attached hydrogens (tertiary/aromatic N) is 1. The van der Waals surface area contributed by atoms with Gasteiger partial charge in [0, 0.05) is 11.6 Å². The summed E-state index contributed by atoms with van der Waals surface area (Å²) >= 11 is 0. The molecule has 0 radical (unpaired) electrons. The Labute approximate surface area is 76.7 Å². The summed E-state index contributed by atoms with van der Waals surface area (Å²) in [5, 5.41) is 8.43. The molecule has 0 aliphatic carbocycles. The van der Waals surface area contributed by atoms with Gasteiger partial charge in [0.2, 0.25) is 0 Å². The van der Waals surface area contributed by atoms with E-state index in [0.717, 1.165) is 5.69 Å². The Hall–Kier alpha value is -1.45. The first-order valence-electron chi connectivity index (χ1n) is 4.00. The molecule has 1 aromatic heterocycles. The largest absolute Gasteiger partial charge is 0.531 e. The second-order valence-electron chi connectivity index (χ2n) is 3.83. The number of carboxylic acid groups (broad SMARTS) is 1. The molecule has 1 N–H and O–H groups in total. The highest BCUT2D eigenvalue weighted by Gasteiger charge is 2.19. The van der Waals surface area contributed by atoms with Gasteiger partial charge in [0.15, 0.2) is 0 Å². The van der Waals surface area contributed by atoms with E-state index in [1.54, 1.807) is 12.3 Å². The van der Waals surface area contributed by atoms with Crippen LogP contribution in [0.1, 0.15) is 26.5 Å². The van der Waals surface area contributed by atoms with Crippen molar-refractivity contribution in [1.29, 1.82) is 0 Å². The summed E-state index contributed by atoms with van der Waals surface area (Å²) in [6, 6.07) is 3.59. The van der Waals surface area contributed by atoms with Gasteiger partial charge in [0.05, 0.1) is 5.69 Å². The maximum Gasteiger partial charge on any atom is 0.531 e. The van der Waals surface area contributed by atoms with E-state index in [4.69, 9.17) is 5.11 Å². The van der Waals surface area contributed by atoms with Crippen molar-refractivity contribution in [3.8, 4) is 0 Å². The fraction of sp³-hybridized carbons (Fsp3) is 0.444. The average Bonchev–Trinajstić information content (AvgIpc) is 2.31. The Bertz CT molecular complexity index is 309. The SMILES string of the molecule is CC(C)(C)c1cccn1OC(=O)O. The molecule has 1 heterocycles. The summed E-state index contributed by atoms with van der Waals surface area (Å²) in [6.45, 7) is 5.97. The highest BCUT2D eigenvalue weighted by Crippen LogP contribution is 2.21. The number of rotatable bonds is 1. The van der Waals surface area contributed by atoms with Crippen LogP contribution in [0.3, 0.4) is 0 Å². The molecule has 4 nitrogen and oxygen atoms in total. The van der Waals surface area contributed by atoms with Crippen LogP contribution in [-0.2, 0) is 5.41 Å². The van der Waals surface area contributed by atoms with E-state index in [9.17, 15) is 4.79 Å². The van der Waals surface area contributed by atoms with E-state index in [1.807, 2.05) is 26.8 Å². The fourth-order valence-corrected chi connectivity index (χ4v) is 1.11. The van der Waals surface area contributed by atoms with Crippen molar-refractivity contribution < 1.29 is 14.7 Å². The number of hydrogen-bond acceptors (Lipinski definition) is 2. The van der Waals surface area contributed by atoms with Crippen molar-refractivity contribution in [3.63, 3.8) is 0 Å². The molecule has 0 atom stereocenters. The first-order chi connectivity index (χ1) is 5.91. The van der Waals surface area contributed by atoms with Gasteiger partial charge >= 0.3 is 6.16 Å². The minimum atomic E-state index is -1.30. The molecule has 0 amide bonds. The second kappa shape index (κ2) is 3.12. The van der Waals surface area contributed by atoms with Crippen LogP contribution in [0, 0.1) is 0 Å². The van der Waals surface area contributed by atoms with E-state index in [2.05, 4.69) is 4.84 Å². The molecule has 0 aromatic carbocycles. The molecule has 13 heavy (non-hydrogen) atoms. The average molecular weight is 183 g/mol. The van der Waals surface area contributed by atoms with E-state index >= 15 is 0 Å². The van der Waals surface area contributed by atoms with E-state index < -0.39 is 6.16 Å². The summed E-state index contributed by atoms with van der Waals surface area (Å²) in [5.41, 5.74) is 0.703. The molecule has 0 aliphatic heterocycles. The first-order valence-corrected chi connectivity index (χ1v) is 4.00. The highest BCUT2D eigenvalue weighted by atomic mass is 16.8. The first kappa shape index (κ1) is 9.64. The van der Waals surface area contributed by atoms with Gasteiger partial charge in [-0.1, -0.05) is 20.8 Å². The van der Waals surface area contributed by atoms with Crippen LogP contribution in [0.25, 0.3) is 0 Å². The third-order valence-corrected chi connectivity index (χ3v) is 1.66. The Morgan fingerprint density at radius 3 is 2.62 bits per heavy atom. The molecule has 4 heteroatoms. The van der Waals surface area contributed by atoms with Crippen LogP contribution in [0.15, 0.2) is 18.3 Å². The van der Waals surface area contributed by atoms with Crippen molar-refractivity contribution in [1.82, 2.24) is 4.73 Å². The Balaban J connectivity index is 2.96. The van der Waals surface area contributed by atoms with Gasteiger partial charge in [0.1, 0.15) is 0 Å². The van der Waals surface area contributed by atoms with Crippen molar-refractivity contribution in [2.24, 2.45) is 0 Å². The third-order valence-electron chi connectivity index (χ3n) is 1.66. The van der Waals surface area contributed by atoms with Gasteiger partial charge in [-0.25, -0.2) is 4.79 Å². The van der Waals surface area contributed by atoms with Crippen LogP contribution in [0.2, 0.25) is 0 Å². The Morgan fingerprint density at radius 1 is 1.54 bits per heavy atom. The molecule has 0 spiro atoms. The van der Waals surface area contributed by atoms with Crippen LogP contribution in [-0.4, -0.2) is 16.0 Å². The van der Waals surface area contributed by atoms with Crippen LogP contribution in [0.4, 0.5) is 4.79 Å². The molecular weight excluding hydrogens is 170 g/mol. The lowest BCUT2D eigenvalue weighted by atomic mass is 9.93. The molecular formula is C9H13NO3. The lowest BCUT2D eigenvalue weighted by Gasteiger charge is -2.19. The fourth-order valence-electron chi connectivity index (χ4n) is 1.11. The van der Waals surface area contributed by atoms with Gasteiger partial charge in [-0.05, 0) is 12.1 Å². The van der Waals surface area contributed by atoms with Gasteiger partial charge in [0.25, 0.3) is 0 Å². The molecule has 0 saturated carbocycles. The van der Waals surface area contributed by atoms with E-state index in [0.29, 0.717) is 0 Å². The van der Waals surface area contributed by atoms with Gasteiger partial charge < -0.3 is 9.94 Å². The predicted molar refractivity (Wildman–Crippen MR) is 47.7 cm³/mol. The molecule has 0 fully saturated rings. The summed E-state index contributed by atoms with van der Waals surface area (Å²) in [7, 11) is 0.